The summed E-state index contributed by atoms with van der Waals surface area (Å²) in [6.45, 7) is 6.59. The highest BCUT2D eigenvalue weighted by atomic mass is 16.3. The molecule has 3 aliphatic rings. The zero-order chi connectivity index (χ0) is 9.85. The number of rotatable bonds is 1. The summed E-state index contributed by atoms with van der Waals surface area (Å²) in [5.74, 6) is 1.30. The summed E-state index contributed by atoms with van der Waals surface area (Å²) in [5, 5.41) is 13.7. The van der Waals surface area contributed by atoms with Crippen LogP contribution in [0.5, 0.6) is 0 Å². The number of hydrogen-bond acceptors (Lipinski definition) is 2. The van der Waals surface area contributed by atoms with Gasteiger partial charge in [0.1, 0.15) is 0 Å². The highest BCUT2D eigenvalue weighted by molar-refractivity contribution is 5.14. The smallest absolute Gasteiger partial charge is 0.0805 e. The predicted molar refractivity (Wildman–Crippen MR) is 53.5 cm³/mol. The van der Waals surface area contributed by atoms with Gasteiger partial charge in [-0.2, -0.15) is 0 Å². The molecule has 3 rings (SSSR count). The lowest BCUT2D eigenvalue weighted by Gasteiger charge is -2.65. The van der Waals surface area contributed by atoms with E-state index in [9.17, 15) is 5.11 Å². The third-order valence-electron chi connectivity index (χ3n) is 4.75. The van der Waals surface area contributed by atoms with Gasteiger partial charge in [-0.05, 0) is 44.1 Å². The van der Waals surface area contributed by atoms with Gasteiger partial charge in [-0.3, -0.25) is 0 Å². The van der Waals surface area contributed by atoms with Crippen molar-refractivity contribution in [1.29, 1.82) is 0 Å². The first-order chi connectivity index (χ1) is 5.90. The molecule has 13 heavy (non-hydrogen) atoms. The van der Waals surface area contributed by atoms with Gasteiger partial charge in [0, 0.05) is 6.04 Å². The topological polar surface area (TPSA) is 32.3 Å². The Labute approximate surface area is 80.7 Å². The quantitative estimate of drug-likeness (QED) is 0.644. The lowest BCUT2D eigenvalue weighted by molar-refractivity contribution is -0.208. The van der Waals surface area contributed by atoms with Crippen molar-refractivity contribution < 1.29 is 5.11 Å². The van der Waals surface area contributed by atoms with E-state index in [1.54, 1.807) is 0 Å². The fraction of sp³-hybridized carbons (Fsp3) is 1.00. The standard InChI is InChI=1S/C11H21NO/c1-10(2)7-5-8(10)11(3,13)9(6-7)12-4/h7-9,12-13H,5-6H2,1-4H3/t7-,8-,9-,11-/m0/s1. The first-order valence-electron chi connectivity index (χ1n) is 5.30. The van der Waals surface area contributed by atoms with Crippen LogP contribution in [0.25, 0.3) is 0 Å². The molecular weight excluding hydrogens is 162 g/mol. The third kappa shape index (κ3) is 1.02. The lowest BCUT2D eigenvalue weighted by Crippen LogP contribution is -2.69. The molecule has 4 atom stereocenters. The Morgan fingerprint density at radius 1 is 1.23 bits per heavy atom. The summed E-state index contributed by atoms with van der Waals surface area (Å²) >= 11 is 0. The molecule has 0 unspecified atom stereocenters. The maximum absolute atomic E-state index is 10.4. The minimum absolute atomic E-state index is 0.296. The summed E-state index contributed by atoms with van der Waals surface area (Å²) in [6.07, 6.45) is 2.35. The molecule has 3 saturated carbocycles. The second-order valence-corrected chi connectivity index (χ2v) is 5.61. The van der Waals surface area contributed by atoms with Crippen molar-refractivity contribution in [3.05, 3.63) is 0 Å². The Bertz CT molecular complexity index is 222. The average Bonchev–Trinajstić information content (AvgIpc) is 2.01. The van der Waals surface area contributed by atoms with Crippen LogP contribution >= 0.6 is 0 Å². The minimum Gasteiger partial charge on any atom is -0.388 e. The van der Waals surface area contributed by atoms with Gasteiger partial charge in [-0.1, -0.05) is 13.8 Å². The summed E-state index contributed by atoms with van der Waals surface area (Å²) in [5.41, 5.74) is -0.149. The van der Waals surface area contributed by atoms with E-state index in [0.717, 1.165) is 12.3 Å². The van der Waals surface area contributed by atoms with Gasteiger partial charge in [-0.25, -0.2) is 0 Å². The summed E-state index contributed by atoms with van der Waals surface area (Å²) in [4.78, 5) is 0. The Balaban J connectivity index is 2.23. The molecule has 0 aromatic heterocycles. The second-order valence-electron chi connectivity index (χ2n) is 5.61. The number of nitrogens with one attached hydrogen (secondary N) is 1. The van der Waals surface area contributed by atoms with Crippen LogP contribution in [0.1, 0.15) is 33.6 Å². The van der Waals surface area contributed by atoms with Crippen LogP contribution in [0.15, 0.2) is 0 Å². The van der Waals surface area contributed by atoms with Crippen molar-refractivity contribution in [2.24, 2.45) is 17.3 Å². The van der Waals surface area contributed by atoms with Crippen LogP contribution in [0.2, 0.25) is 0 Å². The molecule has 2 bridgehead atoms. The number of hydrogen-bond donors (Lipinski definition) is 2. The molecule has 0 amide bonds. The molecule has 3 aliphatic carbocycles. The van der Waals surface area contributed by atoms with Crippen molar-refractivity contribution in [2.45, 2.75) is 45.3 Å². The second kappa shape index (κ2) is 2.48. The van der Waals surface area contributed by atoms with Gasteiger partial charge in [0.15, 0.2) is 0 Å². The van der Waals surface area contributed by atoms with Crippen LogP contribution in [0.4, 0.5) is 0 Å². The van der Waals surface area contributed by atoms with Gasteiger partial charge < -0.3 is 10.4 Å². The van der Waals surface area contributed by atoms with Crippen LogP contribution in [-0.2, 0) is 0 Å². The normalized spacial score (nSPS) is 52.8. The van der Waals surface area contributed by atoms with E-state index in [1.807, 2.05) is 14.0 Å². The van der Waals surface area contributed by atoms with E-state index in [1.165, 1.54) is 6.42 Å². The molecule has 76 valence electrons. The van der Waals surface area contributed by atoms with Gasteiger partial charge in [0.05, 0.1) is 5.60 Å². The minimum atomic E-state index is -0.507. The van der Waals surface area contributed by atoms with E-state index in [2.05, 4.69) is 19.2 Å². The van der Waals surface area contributed by atoms with Crippen LogP contribution in [0, 0.1) is 17.3 Å². The van der Waals surface area contributed by atoms with E-state index < -0.39 is 5.60 Å². The third-order valence-corrected chi connectivity index (χ3v) is 4.75. The maximum atomic E-state index is 10.4. The monoisotopic (exact) mass is 183 g/mol. The predicted octanol–water partition coefficient (Wildman–Crippen LogP) is 1.39. The molecule has 0 saturated heterocycles. The van der Waals surface area contributed by atoms with Crippen LogP contribution in [0.3, 0.4) is 0 Å². The van der Waals surface area contributed by atoms with Gasteiger partial charge in [0.2, 0.25) is 0 Å². The number of aliphatic hydroxyl groups is 1. The molecule has 3 fully saturated rings. The van der Waals surface area contributed by atoms with Gasteiger partial charge in [-0.15, -0.1) is 0 Å². The molecule has 0 aromatic rings. The fourth-order valence-corrected chi connectivity index (χ4v) is 3.58. The van der Waals surface area contributed by atoms with Crippen molar-refractivity contribution in [3.63, 3.8) is 0 Å². The van der Waals surface area contributed by atoms with E-state index in [-0.39, 0.29) is 0 Å². The van der Waals surface area contributed by atoms with E-state index in [4.69, 9.17) is 0 Å². The number of likely N-dealkylation sites (N-methyl/N-ethyl adjacent to an activating group) is 1. The van der Waals surface area contributed by atoms with E-state index in [0.29, 0.717) is 17.4 Å². The Hall–Kier alpha value is -0.0800. The highest BCUT2D eigenvalue weighted by Gasteiger charge is 2.62. The largest absolute Gasteiger partial charge is 0.388 e. The van der Waals surface area contributed by atoms with Gasteiger partial charge in [0.25, 0.3) is 0 Å². The molecule has 2 nitrogen and oxygen atoms in total. The van der Waals surface area contributed by atoms with Crippen molar-refractivity contribution in [1.82, 2.24) is 5.32 Å². The Morgan fingerprint density at radius 3 is 2.23 bits per heavy atom. The van der Waals surface area contributed by atoms with Crippen LogP contribution < -0.4 is 5.32 Å². The summed E-state index contributed by atoms with van der Waals surface area (Å²) in [7, 11) is 1.96. The van der Waals surface area contributed by atoms with Crippen molar-refractivity contribution in [3.8, 4) is 0 Å². The van der Waals surface area contributed by atoms with Crippen LogP contribution in [-0.4, -0.2) is 23.8 Å². The van der Waals surface area contributed by atoms with E-state index >= 15 is 0 Å². The zero-order valence-corrected chi connectivity index (χ0v) is 9.09. The SMILES string of the molecule is CN[C@H]1C[C@@H]2C[C@@H](C2(C)C)[C@]1(C)O. The van der Waals surface area contributed by atoms with Crippen molar-refractivity contribution >= 4 is 0 Å². The Morgan fingerprint density at radius 2 is 1.85 bits per heavy atom. The lowest BCUT2D eigenvalue weighted by atomic mass is 9.43. The fourth-order valence-electron chi connectivity index (χ4n) is 3.58. The first-order valence-corrected chi connectivity index (χ1v) is 5.30. The molecule has 0 heterocycles. The number of fused-ring (bicyclic) bond motifs is 2. The molecular formula is C11H21NO. The maximum Gasteiger partial charge on any atom is 0.0805 e. The molecule has 2 heteroatoms. The highest BCUT2D eigenvalue weighted by Crippen LogP contribution is 2.62. The molecule has 0 aromatic carbocycles. The molecule has 0 aliphatic heterocycles. The zero-order valence-electron chi connectivity index (χ0n) is 9.09. The Kier molecular flexibility index (Phi) is 1.81. The molecule has 0 radical (unpaired) electrons. The molecule has 2 N–H and O–H groups in total. The van der Waals surface area contributed by atoms with Gasteiger partial charge >= 0.3 is 0 Å². The first kappa shape index (κ1) is 9.47. The average molecular weight is 183 g/mol. The van der Waals surface area contributed by atoms with Crippen molar-refractivity contribution in [2.75, 3.05) is 7.05 Å². The summed E-state index contributed by atoms with van der Waals surface area (Å²) in [6, 6.07) is 0.296. The summed E-state index contributed by atoms with van der Waals surface area (Å²) < 4.78 is 0. The molecule has 0 spiro atoms.